The molecule has 1 aliphatic carbocycles. The summed E-state index contributed by atoms with van der Waals surface area (Å²) in [6.45, 7) is 4.81. The van der Waals surface area contributed by atoms with Crippen LogP contribution in [0.3, 0.4) is 0 Å². The van der Waals surface area contributed by atoms with Gasteiger partial charge in [-0.2, -0.15) is 5.10 Å². The standard InChI is InChI=1S/C24H26N4O4S/c1-3-25-22(30)20-17-7-5-6-8-19(17)33-24(20)26-23(31)21-18(29)13-14-28(27-21)15-9-11-16(12-10-15)32-4-2/h9-14H,3-8H2,1-2H3,(H,25,30)(H,26,31). The number of anilines is 1. The summed E-state index contributed by atoms with van der Waals surface area (Å²) in [6.07, 6.45) is 5.27. The van der Waals surface area contributed by atoms with Crippen LogP contribution in [0.2, 0.25) is 0 Å². The van der Waals surface area contributed by atoms with Gasteiger partial charge in [0.25, 0.3) is 11.8 Å². The van der Waals surface area contributed by atoms with E-state index < -0.39 is 11.3 Å². The van der Waals surface area contributed by atoms with Crippen LogP contribution in [0.1, 0.15) is 58.0 Å². The van der Waals surface area contributed by atoms with E-state index in [0.29, 0.717) is 29.4 Å². The summed E-state index contributed by atoms with van der Waals surface area (Å²) < 4.78 is 6.92. The number of hydrogen-bond donors (Lipinski definition) is 2. The average Bonchev–Trinajstić information content (AvgIpc) is 3.18. The minimum Gasteiger partial charge on any atom is -0.494 e. The van der Waals surface area contributed by atoms with E-state index in [1.54, 1.807) is 24.3 Å². The monoisotopic (exact) mass is 466 g/mol. The Bertz CT molecular complexity index is 1230. The summed E-state index contributed by atoms with van der Waals surface area (Å²) in [5.41, 5.74) is 1.46. The van der Waals surface area contributed by atoms with Crippen LogP contribution in [0, 0.1) is 0 Å². The molecule has 1 aliphatic rings. The summed E-state index contributed by atoms with van der Waals surface area (Å²) in [5, 5.41) is 10.4. The number of rotatable bonds is 7. The number of carbonyl (C=O) groups is 2. The molecule has 0 spiro atoms. The molecule has 1 aromatic carbocycles. The zero-order valence-corrected chi connectivity index (χ0v) is 19.5. The van der Waals surface area contributed by atoms with Crippen molar-refractivity contribution in [3.8, 4) is 11.4 Å². The number of carbonyl (C=O) groups excluding carboxylic acids is 2. The van der Waals surface area contributed by atoms with Crippen LogP contribution in [0.15, 0.2) is 41.3 Å². The fourth-order valence-corrected chi connectivity index (χ4v) is 5.16. The second kappa shape index (κ2) is 9.99. The Morgan fingerprint density at radius 1 is 1.09 bits per heavy atom. The molecule has 0 radical (unpaired) electrons. The molecule has 8 nitrogen and oxygen atoms in total. The second-order valence-corrected chi connectivity index (χ2v) is 8.73. The average molecular weight is 467 g/mol. The number of aryl methyl sites for hydroxylation is 1. The maximum atomic E-state index is 13.1. The first kappa shape index (κ1) is 22.7. The molecule has 33 heavy (non-hydrogen) atoms. The summed E-state index contributed by atoms with van der Waals surface area (Å²) >= 11 is 1.41. The fraction of sp³-hybridized carbons (Fsp3) is 0.333. The fourth-order valence-electron chi connectivity index (χ4n) is 3.88. The predicted octanol–water partition coefficient (Wildman–Crippen LogP) is 3.57. The highest BCUT2D eigenvalue weighted by Crippen LogP contribution is 2.38. The van der Waals surface area contributed by atoms with Crippen LogP contribution in [0.4, 0.5) is 5.00 Å². The highest BCUT2D eigenvalue weighted by Gasteiger charge is 2.27. The van der Waals surface area contributed by atoms with Crippen molar-refractivity contribution in [1.82, 2.24) is 15.1 Å². The molecule has 0 fully saturated rings. The van der Waals surface area contributed by atoms with Crippen LogP contribution in [-0.2, 0) is 12.8 Å². The lowest BCUT2D eigenvalue weighted by atomic mass is 9.95. The van der Waals surface area contributed by atoms with Gasteiger partial charge in [-0.1, -0.05) is 0 Å². The van der Waals surface area contributed by atoms with E-state index in [1.807, 2.05) is 13.8 Å². The minimum atomic E-state index is -0.635. The van der Waals surface area contributed by atoms with Crippen LogP contribution >= 0.6 is 11.3 Å². The first-order valence-corrected chi connectivity index (χ1v) is 11.9. The van der Waals surface area contributed by atoms with Crippen molar-refractivity contribution in [3.05, 3.63) is 68.4 Å². The maximum absolute atomic E-state index is 13.1. The molecule has 0 saturated heterocycles. The number of benzene rings is 1. The lowest BCUT2D eigenvalue weighted by Crippen LogP contribution is -2.28. The predicted molar refractivity (Wildman–Crippen MR) is 128 cm³/mol. The van der Waals surface area contributed by atoms with Crippen molar-refractivity contribution >= 4 is 28.2 Å². The summed E-state index contributed by atoms with van der Waals surface area (Å²) in [7, 11) is 0. The van der Waals surface area contributed by atoms with Crippen LogP contribution < -0.4 is 20.8 Å². The third-order valence-corrected chi connectivity index (χ3v) is 6.61. The van der Waals surface area contributed by atoms with Gasteiger partial charge in [0, 0.05) is 23.7 Å². The van der Waals surface area contributed by atoms with E-state index in [-0.39, 0.29) is 11.6 Å². The topological polar surface area (TPSA) is 102 Å². The van der Waals surface area contributed by atoms with Gasteiger partial charge < -0.3 is 15.4 Å². The van der Waals surface area contributed by atoms with Gasteiger partial charge >= 0.3 is 0 Å². The molecule has 2 heterocycles. The van der Waals surface area contributed by atoms with Crippen LogP contribution in [-0.4, -0.2) is 34.7 Å². The molecule has 0 atom stereocenters. The van der Waals surface area contributed by atoms with Crippen molar-refractivity contribution < 1.29 is 14.3 Å². The van der Waals surface area contributed by atoms with E-state index >= 15 is 0 Å². The third kappa shape index (κ3) is 4.83. The minimum absolute atomic E-state index is 0.208. The summed E-state index contributed by atoms with van der Waals surface area (Å²) in [6, 6.07) is 8.50. The molecule has 0 aliphatic heterocycles. The molecule has 4 rings (SSSR count). The Kier molecular flexibility index (Phi) is 6.88. The quantitative estimate of drug-likeness (QED) is 0.554. The van der Waals surface area contributed by atoms with Crippen molar-refractivity contribution in [2.24, 2.45) is 0 Å². The molecule has 0 unspecified atom stereocenters. The van der Waals surface area contributed by atoms with E-state index in [2.05, 4.69) is 15.7 Å². The molecule has 2 aromatic heterocycles. The van der Waals surface area contributed by atoms with Crippen molar-refractivity contribution in [3.63, 3.8) is 0 Å². The zero-order valence-electron chi connectivity index (χ0n) is 18.6. The van der Waals surface area contributed by atoms with Gasteiger partial charge in [-0.05, 0) is 69.4 Å². The maximum Gasteiger partial charge on any atom is 0.280 e. The van der Waals surface area contributed by atoms with Gasteiger partial charge in [0.15, 0.2) is 5.69 Å². The number of nitrogens with one attached hydrogen (secondary N) is 2. The van der Waals surface area contributed by atoms with Gasteiger partial charge in [-0.15, -0.1) is 11.3 Å². The largest absolute Gasteiger partial charge is 0.494 e. The highest BCUT2D eigenvalue weighted by atomic mass is 32.1. The van der Waals surface area contributed by atoms with E-state index in [1.165, 1.54) is 28.3 Å². The smallest absolute Gasteiger partial charge is 0.280 e. The van der Waals surface area contributed by atoms with Gasteiger partial charge in [0.05, 0.1) is 17.9 Å². The zero-order chi connectivity index (χ0) is 23.4. The van der Waals surface area contributed by atoms with E-state index in [4.69, 9.17) is 4.74 Å². The molecule has 0 saturated carbocycles. The molecule has 2 N–H and O–H groups in total. The Balaban J connectivity index is 1.64. The third-order valence-electron chi connectivity index (χ3n) is 5.40. The lowest BCUT2D eigenvalue weighted by molar-refractivity contribution is 0.0956. The van der Waals surface area contributed by atoms with E-state index in [9.17, 15) is 14.4 Å². The molecule has 0 bridgehead atoms. The number of nitrogens with zero attached hydrogens (tertiary/aromatic N) is 2. The van der Waals surface area contributed by atoms with Crippen molar-refractivity contribution in [2.45, 2.75) is 39.5 Å². The molecular formula is C24H26N4O4S. The van der Waals surface area contributed by atoms with Gasteiger partial charge in [0.1, 0.15) is 10.8 Å². The van der Waals surface area contributed by atoms with Gasteiger partial charge in [-0.25, -0.2) is 4.68 Å². The molecular weight excluding hydrogens is 440 g/mol. The van der Waals surface area contributed by atoms with Gasteiger partial charge in [-0.3, -0.25) is 14.4 Å². The number of ether oxygens (including phenoxy) is 1. The SMILES string of the molecule is CCNC(=O)c1c(NC(=O)c2nn(-c3ccc(OCC)cc3)ccc2=O)sc2c1CCCC2. The second-order valence-electron chi connectivity index (χ2n) is 7.63. The summed E-state index contributed by atoms with van der Waals surface area (Å²) in [4.78, 5) is 39.4. The first-order chi connectivity index (χ1) is 16.0. The Morgan fingerprint density at radius 2 is 1.85 bits per heavy atom. The number of fused-ring (bicyclic) bond motifs is 1. The van der Waals surface area contributed by atoms with Crippen LogP contribution in [0.5, 0.6) is 5.75 Å². The van der Waals surface area contributed by atoms with Gasteiger partial charge in [0.2, 0.25) is 5.43 Å². The van der Waals surface area contributed by atoms with Crippen molar-refractivity contribution in [1.29, 1.82) is 0 Å². The lowest BCUT2D eigenvalue weighted by Gasteiger charge is -2.13. The van der Waals surface area contributed by atoms with E-state index in [0.717, 1.165) is 41.9 Å². The number of hydrogen-bond acceptors (Lipinski definition) is 6. The number of amides is 2. The summed E-state index contributed by atoms with van der Waals surface area (Å²) in [5.74, 6) is -0.121. The van der Waals surface area contributed by atoms with Crippen molar-refractivity contribution in [2.75, 3.05) is 18.5 Å². The highest BCUT2D eigenvalue weighted by molar-refractivity contribution is 7.17. The molecule has 172 valence electrons. The Labute approximate surface area is 195 Å². The first-order valence-electron chi connectivity index (χ1n) is 11.1. The number of thiophene rings is 1. The normalized spacial score (nSPS) is 12.7. The number of aromatic nitrogens is 2. The molecule has 3 aromatic rings. The Hall–Kier alpha value is -3.46. The Morgan fingerprint density at radius 3 is 2.58 bits per heavy atom. The molecule has 9 heteroatoms. The van der Waals surface area contributed by atoms with Crippen LogP contribution in [0.25, 0.3) is 5.69 Å². The molecule has 2 amide bonds.